The molecule has 0 aliphatic carbocycles. The number of aryl methyl sites for hydroxylation is 1. The van der Waals surface area contributed by atoms with Crippen molar-refractivity contribution in [1.82, 2.24) is 0 Å². The minimum Gasteiger partial charge on any atom is -0.426 e. The van der Waals surface area contributed by atoms with Crippen molar-refractivity contribution in [2.75, 3.05) is 0 Å². The second-order valence-electron chi connectivity index (χ2n) is 5.83. The highest BCUT2D eigenvalue weighted by molar-refractivity contribution is 6.37. The molecule has 0 heterocycles. The number of ether oxygens (including phenoxy) is 4. The summed E-state index contributed by atoms with van der Waals surface area (Å²) >= 11 is 6.43. The molecule has 0 spiro atoms. The Hall–Kier alpha value is -3.13. The molecule has 0 fully saturated rings. The Balaban J connectivity index is 3.05. The molecule has 0 aliphatic heterocycles. The van der Waals surface area contributed by atoms with Gasteiger partial charge in [-0.25, -0.2) is 0 Å². The van der Waals surface area contributed by atoms with E-state index < -0.39 is 23.9 Å². The molecule has 0 unspecified atom stereocenters. The molecule has 0 N–H and O–H groups in total. The van der Waals surface area contributed by atoms with Crippen molar-refractivity contribution in [1.29, 1.82) is 0 Å². The fourth-order valence-electron chi connectivity index (χ4n) is 2.55. The van der Waals surface area contributed by atoms with Gasteiger partial charge in [0.1, 0.15) is 11.5 Å². The van der Waals surface area contributed by atoms with E-state index in [1.165, 1.54) is 26.0 Å². The molecule has 0 aliphatic rings. The number of carbonyl (C=O) groups is 4. The van der Waals surface area contributed by atoms with E-state index in [1.54, 1.807) is 6.92 Å². The number of halogens is 1. The van der Waals surface area contributed by atoms with Crippen LogP contribution in [-0.2, 0) is 19.2 Å². The van der Waals surface area contributed by atoms with Gasteiger partial charge >= 0.3 is 23.9 Å². The summed E-state index contributed by atoms with van der Waals surface area (Å²) in [5.41, 5.74) is 0.479. The van der Waals surface area contributed by atoms with Crippen LogP contribution in [0.25, 0.3) is 10.8 Å². The molecule has 2 rings (SSSR count). The van der Waals surface area contributed by atoms with Crippen molar-refractivity contribution in [2.24, 2.45) is 0 Å². The summed E-state index contributed by atoms with van der Waals surface area (Å²) in [4.78, 5) is 46.3. The molecule has 8 nitrogen and oxygen atoms in total. The summed E-state index contributed by atoms with van der Waals surface area (Å²) in [6.07, 6.45) is 0. The minimum absolute atomic E-state index is 0.0310. The Labute approximate surface area is 165 Å². The van der Waals surface area contributed by atoms with Crippen LogP contribution >= 0.6 is 11.6 Å². The standard InChI is InChI=1S/C19H17ClO8/c1-8-6-13(25-9(2)21)16-14(26-10(3)22)7-15(27-11(4)23)19(28-12(5)24)17(16)18(8)20/h6-7H,1-5H3. The van der Waals surface area contributed by atoms with E-state index in [-0.39, 0.29) is 38.8 Å². The van der Waals surface area contributed by atoms with Gasteiger partial charge in [-0.15, -0.1) is 0 Å². The van der Waals surface area contributed by atoms with Gasteiger partial charge in [0.15, 0.2) is 11.5 Å². The van der Waals surface area contributed by atoms with E-state index in [0.717, 1.165) is 13.8 Å². The molecule has 0 amide bonds. The van der Waals surface area contributed by atoms with Gasteiger partial charge in [-0.1, -0.05) is 11.6 Å². The van der Waals surface area contributed by atoms with Gasteiger partial charge < -0.3 is 18.9 Å². The first kappa shape index (κ1) is 21.2. The Morgan fingerprint density at radius 3 is 1.57 bits per heavy atom. The van der Waals surface area contributed by atoms with Gasteiger partial charge in [-0.2, -0.15) is 0 Å². The second-order valence-corrected chi connectivity index (χ2v) is 6.21. The maximum absolute atomic E-state index is 11.6. The third-order valence-corrected chi connectivity index (χ3v) is 3.86. The van der Waals surface area contributed by atoms with Crippen LogP contribution in [0.3, 0.4) is 0 Å². The molecule has 2 aromatic carbocycles. The summed E-state index contributed by atoms with van der Waals surface area (Å²) in [6.45, 7) is 6.30. The van der Waals surface area contributed by atoms with Crippen LogP contribution in [-0.4, -0.2) is 23.9 Å². The summed E-state index contributed by atoms with van der Waals surface area (Å²) in [5.74, 6) is -3.14. The van der Waals surface area contributed by atoms with Crippen LogP contribution in [0.15, 0.2) is 12.1 Å². The first-order chi connectivity index (χ1) is 13.0. The Morgan fingerprint density at radius 1 is 0.679 bits per heavy atom. The van der Waals surface area contributed by atoms with Crippen LogP contribution in [0.5, 0.6) is 23.0 Å². The van der Waals surface area contributed by atoms with Gasteiger partial charge in [0.2, 0.25) is 0 Å². The predicted octanol–water partition coefficient (Wildman–Crippen LogP) is 3.50. The molecule has 148 valence electrons. The Bertz CT molecular complexity index is 1010. The smallest absolute Gasteiger partial charge is 0.308 e. The molecule has 0 radical (unpaired) electrons. The zero-order chi connectivity index (χ0) is 21.2. The highest BCUT2D eigenvalue weighted by Crippen LogP contribution is 2.49. The lowest BCUT2D eigenvalue weighted by Gasteiger charge is -2.18. The van der Waals surface area contributed by atoms with Crippen LogP contribution in [0, 0.1) is 6.92 Å². The van der Waals surface area contributed by atoms with E-state index in [1.807, 2.05) is 0 Å². The maximum Gasteiger partial charge on any atom is 0.308 e. The summed E-state index contributed by atoms with van der Waals surface area (Å²) in [6, 6.07) is 2.66. The predicted molar refractivity (Wildman–Crippen MR) is 98.9 cm³/mol. The molecule has 2 aromatic rings. The van der Waals surface area contributed by atoms with Gasteiger partial charge in [-0.3, -0.25) is 19.2 Å². The molecule has 0 saturated heterocycles. The van der Waals surface area contributed by atoms with Gasteiger partial charge in [0, 0.05) is 33.8 Å². The van der Waals surface area contributed by atoms with Crippen molar-refractivity contribution in [2.45, 2.75) is 34.6 Å². The van der Waals surface area contributed by atoms with Gasteiger partial charge in [0.05, 0.1) is 15.8 Å². The number of hydrogen-bond acceptors (Lipinski definition) is 8. The quantitative estimate of drug-likeness (QED) is 0.559. The molecular formula is C19H17ClO8. The summed E-state index contributed by atoms with van der Waals surface area (Å²) in [5, 5.41) is 0.320. The summed E-state index contributed by atoms with van der Waals surface area (Å²) < 4.78 is 20.8. The summed E-state index contributed by atoms with van der Waals surface area (Å²) in [7, 11) is 0. The van der Waals surface area contributed by atoms with E-state index in [4.69, 9.17) is 30.5 Å². The van der Waals surface area contributed by atoms with E-state index in [0.29, 0.717) is 5.56 Å². The van der Waals surface area contributed by atoms with Crippen LogP contribution in [0.4, 0.5) is 0 Å². The van der Waals surface area contributed by atoms with Crippen LogP contribution in [0.2, 0.25) is 5.02 Å². The lowest BCUT2D eigenvalue weighted by Crippen LogP contribution is -2.11. The molecule has 0 bridgehead atoms. The molecule has 0 saturated carbocycles. The molecular weight excluding hydrogens is 392 g/mol. The Kier molecular flexibility index (Phi) is 6.25. The minimum atomic E-state index is -0.707. The van der Waals surface area contributed by atoms with Gasteiger partial charge in [0.25, 0.3) is 0 Å². The largest absolute Gasteiger partial charge is 0.426 e. The molecule has 9 heteroatoms. The van der Waals surface area contributed by atoms with Crippen molar-refractivity contribution in [3.8, 4) is 23.0 Å². The highest BCUT2D eigenvalue weighted by atomic mass is 35.5. The Morgan fingerprint density at radius 2 is 1.11 bits per heavy atom. The monoisotopic (exact) mass is 408 g/mol. The fourth-order valence-corrected chi connectivity index (χ4v) is 2.78. The zero-order valence-electron chi connectivity index (χ0n) is 15.8. The highest BCUT2D eigenvalue weighted by Gasteiger charge is 2.26. The first-order valence-electron chi connectivity index (χ1n) is 8.04. The zero-order valence-corrected chi connectivity index (χ0v) is 16.6. The average molecular weight is 409 g/mol. The maximum atomic E-state index is 11.6. The number of hydrogen-bond donors (Lipinski definition) is 0. The van der Waals surface area contributed by atoms with Gasteiger partial charge in [-0.05, 0) is 18.6 Å². The third kappa shape index (κ3) is 4.58. The van der Waals surface area contributed by atoms with Crippen molar-refractivity contribution in [3.05, 3.63) is 22.7 Å². The number of rotatable bonds is 4. The lowest BCUT2D eigenvalue weighted by atomic mass is 10.0. The number of esters is 4. The lowest BCUT2D eigenvalue weighted by molar-refractivity contribution is -0.134. The van der Waals surface area contributed by atoms with Crippen LogP contribution < -0.4 is 18.9 Å². The van der Waals surface area contributed by atoms with Crippen molar-refractivity contribution >= 4 is 46.3 Å². The molecule has 0 aromatic heterocycles. The number of carbonyl (C=O) groups excluding carboxylic acids is 4. The average Bonchev–Trinajstić information content (AvgIpc) is 2.52. The van der Waals surface area contributed by atoms with Crippen molar-refractivity contribution < 1.29 is 38.1 Å². The van der Waals surface area contributed by atoms with Crippen molar-refractivity contribution in [3.63, 3.8) is 0 Å². The second kappa shape index (κ2) is 8.26. The topological polar surface area (TPSA) is 105 Å². The van der Waals surface area contributed by atoms with E-state index in [9.17, 15) is 19.2 Å². The normalized spacial score (nSPS) is 10.4. The van der Waals surface area contributed by atoms with E-state index >= 15 is 0 Å². The number of benzene rings is 2. The number of fused-ring (bicyclic) bond motifs is 1. The van der Waals surface area contributed by atoms with Crippen LogP contribution in [0.1, 0.15) is 33.3 Å². The molecule has 28 heavy (non-hydrogen) atoms. The SMILES string of the molecule is CC(=O)Oc1cc(OC(C)=O)c2c(OC(C)=O)cc(C)c(Cl)c2c1OC(C)=O. The fraction of sp³-hybridized carbons (Fsp3) is 0.263. The third-order valence-electron chi connectivity index (χ3n) is 3.38. The molecule has 0 atom stereocenters. The van der Waals surface area contributed by atoms with E-state index in [2.05, 4.69) is 0 Å². The first-order valence-corrected chi connectivity index (χ1v) is 8.42.